The lowest BCUT2D eigenvalue weighted by atomic mass is 9.88. The Morgan fingerprint density at radius 2 is 2.00 bits per heavy atom. The van der Waals surface area contributed by atoms with E-state index in [0.29, 0.717) is 6.04 Å². The van der Waals surface area contributed by atoms with Crippen molar-refractivity contribution in [2.75, 3.05) is 33.5 Å². The first-order valence-corrected chi connectivity index (χ1v) is 7.27. The van der Waals surface area contributed by atoms with Gasteiger partial charge in [0.25, 0.3) is 0 Å². The van der Waals surface area contributed by atoms with Crippen molar-refractivity contribution in [1.82, 2.24) is 5.32 Å². The molecule has 0 radical (unpaired) electrons. The maximum Gasteiger partial charge on any atom is 0.0591 e. The Morgan fingerprint density at radius 1 is 1.16 bits per heavy atom. The number of methoxy groups -OCH3 is 1. The van der Waals surface area contributed by atoms with Crippen LogP contribution in [0.3, 0.4) is 0 Å². The van der Waals surface area contributed by atoms with Crippen molar-refractivity contribution in [3.63, 3.8) is 0 Å². The molecule has 1 N–H and O–H groups in total. The molecular weight excluding hydrogens is 238 g/mol. The maximum absolute atomic E-state index is 5.55. The first-order chi connectivity index (χ1) is 9.40. The SMILES string of the molecule is COCCCOCCNC1CCc2ccccc2C1. The largest absolute Gasteiger partial charge is 0.385 e. The molecular formula is C16H25NO2. The van der Waals surface area contributed by atoms with Crippen molar-refractivity contribution in [3.8, 4) is 0 Å². The van der Waals surface area contributed by atoms with E-state index in [4.69, 9.17) is 9.47 Å². The molecule has 0 bridgehead atoms. The second-order valence-corrected chi connectivity index (χ2v) is 5.12. The van der Waals surface area contributed by atoms with Crippen molar-refractivity contribution in [2.45, 2.75) is 31.7 Å². The van der Waals surface area contributed by atoms with Gasteiger partial charge < -0.3 is 14.8 Å². The fourth-order valence-corrected chi connectivity index (χ4v) is 2.61. The van der Waals surface area contributed by atoms with Gasteiger partial charge in [-0.05, 0) is 36.8 Å². The number of aryl methyl sites for hydroxylation is 1. The molecule has 106 valence electrons. The minimum absolute atomic E-state index is 0.609. The fraction of sp³-hybridized carbons (Fsp3) is 0.625. The standard InChI is InChI=1S/C16H25NO2/c1-18-10-4-11-19-12-9-17-16-8-7-14-5-2-3-6-15(14)13-16/h2-3,5-6,16-17H,4,7-13H2,1H3. The summed E-state index contributed by atoms with van der Waals surface area (Å²) < 4.78 is 10.5. The number of rotatable bonds is 8. The predicted molar refractivity (Wildman–Crippen MR) is 77.6 cm³/mol. The molecule has 2 rings (SSSR count). The molecule has 1 aromatic carbocycles. The van der Waals surface area contributed by atoms with E-state index < -0.39 is 0 Å². The predicted octanol–water partition coefficient (Wildman–Crippen LogP) is 2.19. The summed E-state index contributed by atoms with van der Waals surface area (Å²) in [6.45, 7) is 3.32. The van der Waals surface area contributed by atoms with Crippen molar-refractivity contribution >= 4 is 0 Å². The average molecular weight is 263 g/mol. The summed E-state index contributed by atoms with van der Waals surface area (Å²) in [7, 11) is 1.72. The van der Waals surface area contributed by atoms with Crippen molar-refractivity contribution in [2.24, 2.45) is 0 Å². The molecule has 0 aromatic heterocycles. The maximum atomic E-state index is 5.55. The number of nitrogens with one attached hydrogen (secondary N) is 1. The third-order valence-corrected chi connectivity index (χ3v) is 3.66. The summed E-state index contributed by atoms with van der Waals surface area (Å²) in [6.07, 6.45) is 4.57. The molecule has 1 unspecified atom stereocenters. The summed E-state index contributed by atoms with van der Waals surface area (Å²) >= 11 is 0. The van der Waals surface area contributed by atoms with Crippen LogP contribution >= 0.6 is 0 Å². The Bertz CT molecular complexity index is 368. The van der Waals surface area contributed by atoms with Gasteiger partial charge in [0.15, 0.2) is 0 Å². The van der Waals surface area contributed by atoms with Crippen LogP contribution in [0, 0.1) is 0 Å². The highest BCUT2D eigenvalue weighted by Crippen LogP contribution is 2.20. The molecule has 1 aliphatic rings. The molecule has 0 aliphatic heterocycles. The summed E-state index contributed by atoms with van der Waals surface area (Å²) in [4.78, 5) is 0. The fourth-order valence-electron chi connectivity index (χ4n) is 2.61. The zero-order valence-corrected chi connectivity index (χ0v) is 11.9. The van der Waals surface area contributed by atoms with Gasteiger partial charge >= 0.3 is 0 Å². The normalized spacial score (nSPS) is 18.3. The highest BCUT2D eigenvalue weighted by atomic mass is 16.5. The number of hydrogen-bond donors (Lipinski definition) is 1. The van der Waals surface area contributed by atoms with Crippen LogP contribution in [0.25, 0.3) is 0 Å². The van der Waals surface area contributed by atoms with E-state index in [0.717, 1.165) is 39.2 Å². The van der Waals surface area contributed by atoms with Crippen LogP contribution in [0.1, 0.15) is 24.0 Å². The highest BCUT2D eigenvalue weighted by molar-refractivity contribution is 5.30. The van der Waals surface area contributed by atoms with Crippen LogP contribution < -0.4 is 5.32 Å². The Hall–Kier alpha value is -0.900. The van der Waals surface area contributed by atoms with Crippen LogP contribution in [-0.2, 0) is 22.3 Å². The van der Waals surface area contributed by atoms with Gasteiger partial charge in [-0.2, -0.15) is 0 Å². The lowest BCUT2D eigenvalue weighted by molar-refractivity contribution is 0.103. The molecule has 3 nitrogen and oxygen atoms in total. The summed E-state index contributed by atoms with van der Waals surface area (Å²) in [6, 6.07) is 9.40. The van der Waals surface area contributed by atoms with Gasteiger partial charge in [0.05, 0.1) is 6.61 Å². The van der Waals surface area contributed by atoms with Gasteiger partial charge in [0.1, 0.15) is 0 Å². The van der Waals surface area contributed by atoms with Gasteiger partial charge in [-0.3, -0.25) is 0 Å². The summed E-state index contributed by atoms with van der Waals surface area (Å²) in [5, 5.41) is 3.60. The quantitative estimate of drug-likeness (QED) is 0.729. The molecule has 0 fully saturated rings. The second-order valence-electron chi connectivity index (χ2n) is 5.12. The first kappa shape index (κ1) is 14.5. The van der Waals surface area contributed by atoms with Gasteiger partial charge in [-0.1, -0.05) is 24.3 Å². The Kier molecular flexibility index (Phi) is 6.34. The van der Waals surface area contributed by atoms with Crippen molar-refractivity contribution in [1.29, 1.82) is 0 Å². The third-order valence-electron chi connectivity index (χ3n) is 3.66. The molecule has 3 heteroatoms. The lowest BCUT2D eigenvalue weighted by Gasteiger charge is -2.25. The molecule has 0 heterocycles. The average Bonchev–Trinajstić information content (AvgIpc) is 2.46. The zero-order valence-electron chi connectivity index (χ0n) is 11.9. The topological polar surface area (TPSA) is 30.5 Å². The molecule has 0 spiro atoms. The van der Waals surface area contributed by atoms with Crippen LogP contribution in [0.4, 0.5) is 0 Å². The summed E-state index contributed by atoms with van der Waals surface area (Å²) in [5.74, 6) is 0. The number of benzene rings is 1. The molecule has 1 aliphatic carbocycles. The minimum Gasteiger partial charge on any atom is -0.385 e. The van der Waals surface area contributed by atoms with Crippen LogP contribution in [-0.4, -0.2) is 39.5 Å². The first-order valence-electron chi connectivity index (χ1n) is 7.27. The Morgan fingerprint density at radius 3 is 2.84 bits per heavy atom. The second kappa shape index (κ2) is 8.31. The Balaban J connectivity index is 1.58. The van der Waals surface area contributed by atoms with Gasteiger partial charge in [-0.25, -0.2) is 0 Å². The van der Waals surface area contributed by atoms with E-state index in [1.54, 1.807) is 7.11 Å². The van der Waals surface area contributed by atoms with Gasteiger partial charge in [0, 0.05) is 32.9 Å². The van der Waals surface area contributed by atoms with E-state index in [1.807, 2.05) is 0 Å². The lowest BCUT2D eigenvalue weighted by Crippen LogP contribution is -2.36. The molecule has 0 amide bonds. The van der Waals surface area contributed by atoms with Gasteiger partial charge in [0.2, 0.25) is 0 Å². The minimum atomic E-state index is 0.609. The number of hydrogen-bond acceptors (Lipinski definition) is 3. The van der Waals surface area contributed by atoms with Crippen LogP contribution in [0.15, 0.2) is 24.3 Å². The molecule has 0 saturated carbocycles. The molecule has 1 atom stereocenters. The van der Waals surface area contributed by atoms with Crippen molar-refractivity contribution < 1.29 is 9.47 Å². The van der Waals surface area contributed by atoms with Crippen molar-refractivity contribution in [3.05, 3.63) is 35.4 Å². The van der Waals surface area contributed by atoms with E-state index in [1.165, 1.54) is 24.0 Å². The summed E-state index contributed by atoms with van der Waals surface area (Å²) in [5.41, 5.74) is 3.03. The highest BCUT2D eigenvalue weighted by Gasteiger charge is 2.16. The molecule has 19 heavy (non-hydrogen) atoms. The molecule has 1 aromatic rings. The third kappa shape index (κ3) is 4.94. The van der Waals surface area contributed by atoms with E-state index in [9.17, 15) is 0 Å². The zero-order chi connectivity index (χ0) is 13.3. The number of ether oxygens (including phenoxy) is 2. The monoisotopic (exact) mass is 263 g/mol. The van der Waals surface area contributed by atoms with Crippen LogP contribution in [0.2, 0.25) is 0 Å². The van der Waals surface area contributed by atoms with E-state index in [-0.39, 0.29) is 0 Å². The van der Waals surface area contributed by atoms with Crippen LogP contribution in [0.5, 0.6) is 0 Å². The van der Waals surface area contributed by atoms with E-state index >= 15 is 0 Å². The molecule has 0 saturated heterocycles. The van der Waals surface area contributed by atoms with E-state index in [2.05, 4.69) is 29.6 Å². The smallest absolute Gasteiger partial charge is 0.0591 e. The number of fused-ring (bicyclic) bond motifs is 1. The Labute approximate surface area is 116 Å². The van der Waals surface area contributed by atoms with Gasteiger partial charge in [-0.15, -0.1) is 0 Å².